The van der Waals surface area contributed by atoms with E-state index in [2.05, 4.69) is 99.6 Å². The maximum Gasteiger partial charge on any atom is 0.0785 e. The van der Waals surface area contributed by atoms with Crippen LogP contribution in [0.3, 0.4) is 0 Å². The third-order valence-corrected chi connectivity index (χ3v) is 6.34. The lowest BCUT2D eigenvalue weighted by Gasteiger charge is -2.36. The highest BCUT2D eigenvalue weighted by molar-refractivity contribution is 5.44. The number of rotatable bonds is 2. The summed E-state index contributed by atoms with van der Waals surface area (Å²) >= 11 is 0. The molecule has 166 valence electrons. The molecule has 0 saturated carbocycles. The van der Waals surface area contributed by atoms with Crippen molar-refractivity contribution in [1.29, 1.82) is 0 Å². The van der Waals surface area contributed by atoms with Crippen LogP contribution in [-0.4, -0.2) is 7.18 Å². The molecule has 4 rings (SSSR count). The molecule has 0 N–H and O–H groups in total. The van der Waals surface area contributed by atoms with Gasteiger partial charge in [0.2, 0.25) is 0 Å². The molecule has 0 aromatic heterocycles. The van der Waals surface area contributed by atoms with E-state index >= 15 is 0 Å². The molecule has 4 unspecified atom stereocenters. The molecule has 0 saturated heterocycles. The summed E-state index contributed by atoms with van der Waals surface area (Å²) in [5.74, 6) is 2.25. The normalized spacial score (nSPS) is 22.4. The minimum Gasteiger partial charge on any atom is -0.255 e. The molecule has 0 fully saturated rings. The molecule has 1 aliphatic carbocycles. The van der Waals surface area contributed by atoms with Gasteiger partial charge in [-0.25, -0.2) is 0 Å². The lowest BCUT2D eigenvalue weighted by atomic mass is 9.68. The van der Waals surface area contributed by atoms with E-state index in [1.54, 1.807) is 0 Å². The predicted octanol–water partition coefficient (Wildman–Crippen LogP) is 9.06. The molecule has 31 heavy (non-hydrogen) atoms. The highest BCUT2D eigenvalue weighted by atomic mass is 19.1. The largest absolute Gasteiger partial charge is 0.255 e. The summed E-state index contributed by atoms with van der Waals surface area (Å²) in [6.45, 7) is 11.0. The number of fused-ring (bicyclic) bond motifs is 1. The highest BCUT2D eigenvalue weighted by Gasteiger charge is 2.33. The van der Waals surface area contributed by atoms with Crippen LogP contribution < -0.4 is 0 Å². The zero-order valence-corrected chi connectivity index (χ0v) is 20.1. The second-order valence-corrected chi connectivity index (χ2v) is 8.51. The average Bonchev–Trinajstić information content (AvgIpc) is 2.82. The van der Waals surface area contributed by atoms with E-state index in [0.717, 1.165) is 0 Å². The molecule has 0 aliphatic heterocycles. The fourth-order valence-electron chi connectivity index (χ4n) is 5.07. The minimum atomic E-state index is 0.411. The predicted molar refractivity (Wildman–Crippen MR) is 134 cm³/mol. The zero-order chi connectivity index (χ0) is 22.8. The Kier molecular flexibility index (Phi) is 9.98. The van der Waals surface area contributed by atoms with Crippen molar-refractivity contribution in [3.8, 4) is 0 Å². The summed E-state index contributed by atoms with van der Waals surface area (Å²) in [6.07, 6.45) is 2.50. The number of benzene rings is 3. The van der Waals surface area contributed by atoms with Crippen molar-refractivity contribution in [3.05, 3.63) is 107 Å². The molecule has 0 radical (unpaired) electrons. The first-order valence-corrected chi connectivity index (χ1v) is 11.7. The smallest absolute Gasteiger partial charge is 0.0785 e. The molecular formula is C30H39F. The summed E-state index contributed by atoms with van der Waals surface area (Å²) in [5.41, 5.74) is 7.31. The van der Waals surface area contributed by atoms with Crippen LogP contribution >= 0.6 is 0 Å². The Labute approximate surface area is 189 Å². The summed E-state index contributed by atoms with van der Waals surface area (Å²) in [6, 6.07) is 29.6. The summed E-state index contributed by atoms with van der Waals surface area (Å²) in [5, 5.41) is 0. The molecule has 0 heterocycles. The van der Waals surface area contributed by atoms with Crippen molar-refractivity contribution in [1.82, 2.24) is 0 Å². The molecule has 0 amide bonds. The summed E-state index contributed by atoms with van der Waals surface area (Å²) in [7, 11) is 0.500. The van der Waals surface area contributed by atoms with Crippen LogP contribution in [0.1, 0.15) is 86.1 Å². The Morgan fingerprint density at radius 3 is 1.81 bits per heavy atom. The van der Waals surface area contributed by atoms with E-state index in [1.165, 1.54) is 40.7 Å². The monoisotopic (exact) mass is 418 g/mol. The van der Waals surface area contributed by atoms with Gasteiger partial charge >= 0.3 is 0 Å². The van der Waals surface area contributed by atoms with Crippen molar-refractivity contribution in [2.75, 3.05) is 7.18 Å². The van der Waals surface area contributed by atoms with Gasteiger partial charge in [0.05, 0.1) is 7.18 Å². The zero-order valence-electron chi connectivity index (χ0n) is 20.1. The molecule has 4 atom stereocenters. The maximum absolute atomic E-state index is 9.50. The standard InChI is InChI=1S/C27H30.C2H6.CH3F/c1-19-13-15-23(16-14-19)27-25-12-8-7-11-24(25)21(3)17-20(2)18-26(27)22-9-5-4-6-10-22;2*1-2/h4-16,20-21,26-27H,17-18H2,1-3H3;1-2H3;1H3. The van der Waals surface area contributed by atoms with E-state index in [4.69, 9.17) is 0 Å². The van der Waals surface area contributed by atoms with Gasteiger partial charge in [-0.05, 0) is 59.8 Å². The van der Waals surface area contributed by atoms with Gasteiger partial charge in [0.1, 0.15) is 0 Å². The van der Waals surface area contributed by atoms with E-state index in [1.807, 2.05) is 13.8 Å². The van der Waals surface area contributed by atoms with Gasteiger partial charge in [0.25, 0.3) is 0 Å². The molecular weight excluding hydrogens is 379 g/mol. The van der Waals surface area contributed by atoms with Gasteiger partial charge < -0.3 is 0 Å². The van der Waals surface area contributed by atoms with Crippen molar-refractivity contribution in [3.63, 3.8) is 0 Å². The fourth-order valence-corrected chi connectivity index (χ4v) is 5.07. The van der Waals surface area contributed by atoms with Gasteiger partial charge in [-0.1, -0.05) is 112 Å². The van der Waals surface area contributed by atoms with E-state index in [-0.39, 0.29) is 0 Å². The Bertz CT molecular complexity index is 882. The van der Waals surface area contributed by atoms with E-state index in [0.29, 0.717) is 30.8 Å². The van der Waals surface area contributed by atoms with Crippen molar-refractivity contribution in [2.24, 2.45) is 5.92 Å². The van der Waals surface area contributed by atoms with Crippen LogP contribution in [0.4, 0.5) is 4.39 Å². The van der Waals surface area contributed by atoms with E-state index < -0.39 is 0 Å². The van der Waals surface area contributed by atoms with Gasteiger partial charge in [0.15, 0.2) is 0 Å². The van der Waals surface area contributed by atoms with Gasteiger partial charge in [-0.3, -0.25) is 4.39 Å². The molecule has 3 aromatic rings. The number of alkyl halides is 1. The van der Waals surface area contributed by atoms with Crippen molar-refractivity contribution >= 4 is 0 Å². The van der Waals surface area contributed by atoms with E-state index in [9.17, 15) is 4.39 Å². The number of hydrogen-bond acceptors (Lipinski definition) is 0. The SMILES string of the molecule is CC.CF.Cc1ccc(C2c3ccccc3C(C)CC(C)CC2c2ccccc2)cc1. The van der Waals surface area contributed by atoms with Crippen molar-refractivity contribution < 1.29 is 4.39 Å². The first kappa shape index (κ1) is 24.9. The highest BCUT2D eigenvalue weighted by Crippen LogP contribution is 2.48. The number of hydrogen-bond donors (Lipinski definition) is 0. The van der Waals surface area contributed by atoms with Gasteiger partial charge in [0, 0.05) is 5.92 Å². The first-order chi connectivity index (χ1) is 15.1. The Hall–Kier alpha value is -2.41. The molecule has 0 nitrogen and oxygen atoms in total. The lowest BCUT2D eigenvalue weighted by Crippen LogP contribution is -2.21. The lowest BCUT2D eigenvalue weighted by molar-refractivity contribution is 0.378. The number of aryl methyl sites for hydroxylation is 1. The van der Waals surface area contributed by atoms with Crippen LogP contribution in [0.2, 0.25) is 0 Å². The van der Waals surface area contributed by atoms with Crippen LogP contribution in [-0.2, 0) is 0 Å². The number of halogens is 1. The average molecular weight is 419 g/mol. The quantitative estimate of drug-likeness (QED) is 0.389. The topological polar surface area (TPSA) is 0 Å². The second-order valence-electron chi connectivity index (χ2n) is 8.51. The molecule has 3 aromatic carbocycles. The minimum absolute atomic E-state index is 0.411. The first-order valence-electron chi connectivity index (χ1n) is 11.7. The summed E-state index contributed by atoms with van der Waals surface area (Å²) in [4.78, 5) is 0. The molecule has 1 heteroatoms. The molecule has 0 spiro atoms. The second kappa shape index (κ2) is 12.4. The van der Waals surface area contributed by atoms with Crippen LogP contribution in [0, 0.1) is 12.8 Å². The maximum atomic E-state index is 9.50. The van der Waals surface area contributed by atoms with Crippen LogP contribution in [0.25, 0.3) is 0 Å². The Morgan fingerprint density at radius 2 is 1.19 bits per heavy atom. The fraction of sp³-hybridized carbons (Fsp3) is 0.400. The third kappa shape index (κ3) is 6.06. The Morgan fingerprint density at radius 1 is 0.645 bits per heavy atom. The summed E-state index contributed by atoms with van der Waals surface area (Å²) < 4.78 is 9.50. The van der Waals surface area contributed by atoms with Crippen LogP contribution in [0.5, 0.6) is 0 Å². The van der Waals surface area contributed by atoms with Crippen molar-refractivity contribution in [2.45, 2.75) is 65.2 Å². The Balaban J connectivity index is 0.000000807. The van der Waals surface area contributed by atoms with Gasteiger partial charge in [-0.15, -0.1) is 0 Å². The molecule has 0 bridgehead atoms. The van der Waals surface area contributed by atoms with Crippen LogP contribution in [0.15, 0.2) is 78.9 Å². The third-order valence-electron chi connectivity index (χ3n) is 6.34. The molecule has 1 aliphatic rings. The van der Waals surface area contributed by atoms with Gasteiger partial charge in [-0.2, -0.15) is 0 Å².